The topological polar surface area (TPSA) is 136 Å². The molecule has 0 spiro atoms. The minimum Gasteiger partial charge on any atom is -0.480 e. The summed E-state index contributed by atoms with van der Waals surface area (Å²) in [5, 5.41) is 11.5. The van der Waals surface area contributed by atoms with Gasteiger partial charge in [0.1, 0.15) is 6.04 Å². The summed E-state index contributed by atoms with van der Waals surface area (Å²) in [6, 6.07) is 2.98. The van der Waals surface area contributed by atoms with Crippen molar-refractivity contribution in [1.29, 1.82) is 0 Å². The second-order valence-corrected chi connectivity index (χ2v) is 4.58. The van der Waals surface area contributed by atoms with Gasteiger partial charge in [0.05, 0.1) is 0 Å². The van der Waals surface area contributed by atoms with Gasteiger partial charge in [-0.25, -0.2) is 4.79 Å². The van der Waals surface area contributed by atoms with Gasteiger partial charge in [0.25, 0.3) is 5.91 Å². The van der Waals surface area contributed by atoms with Gasteiger partial charge in [-0.2, -0.15) is 0 Å². The monoisotopic (exact) mass is 299 g/mol. The van der Waals surface area contributed by atoms with Crippen LogP contribution in [0.4, 0.5) is 5.69 Å². The molecule has 0 saturated carbocycles. The molecule has 0 fully saturated rings. The van der Waals surface area contributed by atoms with Gasteiger partial charge in [-0.15, -0.1) is 0 Å². The van der Waals surface area contributed by atoms with E-state index in [0.717, 1.165) is 0 Å². The summed E-state index contributed by atoms with van der Waals surface area (Å²) < 4.78 is 0. The molecule has 1 atom stereocenters. The van der Waals surface area contributed by atoms with Gasteiger partial charge in [-0.3, -0.25) is 9.59 Å². The third kappa shape index (κ3) is 4.77. The van der Waals surface area contributed by atoms with Crippen LogP contribution in [0.5, 0.6) is 0 Å². The highest BCUT2D eigenvalue weighted by atomic mass is 35.5. The fourth-order valence-electron chi connectivity index (χ4n) is 1.53. The molecule has 2 amide bonds. The number of nitrogens with one attached hydrogen (secondary N) is 1. The number of carboxylic acid groups (broad SMARTS) is 1. The third-order valence-electron chi connectivity index (χ3n) is 2.47. The first-order chi connectivity index (χ1) is 9.29. The zero-order valence-corrected chi connectivity index (χ0v) is 11.2. The van der Waals surface area contributed by atoms with Crippen LogP contribution in [0.2, 0.25) is 5.02 Å². The van der Waals surface area contributed by atoms with Crippen molar-refractivity contribution < 1.29 is 19.5 Å². The van der Waals surface area contributed by atoms with E-state index in [4.69, 9.17) is 28.2 Å². The number of halogens is 1. The lowest BCUT2D eigenvalue weighted by atomic mass is 10.1. The molecule has 8 heteroatoms. The van der Waals surface area contributed by atoms with Gasteiger partial charge in [0.15, 0.2) is 0 Å². The molecule has 108 valence electrons. The Bertz CT molecular complexity index is 527. The number of primary amides is 1. The van der Waals surface area contributed by atoms with Crippen LogP contribution >= 0.6 is 11.6 Å². The second-order valence-electron chi connectivity index (χ2n) is 4.14. The molecule has 0 saturated heterocycles. The lowest BCUT2D eigenvalue weighted by Gasteiger charge is -2.14. The fourth-order valence-corrected chi connectivity index (χ4v) is 1.77. The van der Waals surface area contributed by atoms with Crippen molar-refractivity contribution in [2.75, 3.05) is 5.73 Å². The SMILES string of the molecule is NC(=O)CCC(NC(=O)c1cc(N)cc(Cl)c1)C(=O)O. The molecule has 1 aromatic rings. The first kappa shape index (κ1) is 15.8. The number of benzene rings is 1. The van der Waals surface area contributed by atoms with E-state index in [1.54, 1.807) is 0 Å². The molecule has 0 aliphatic rings. The van der Waals surface area contributed by atoms with Crippen LogP contribution in [0.1, 0.15) is 23.2 Å². The van der Waals surface area contributed by atoms with Gasteiger partial charge in [0, 0.05) is 22.7 Å². The largest absolute Gasteiger partial charge is 0.480 e. The predicted molar refractivity (Wildman–Crippen MR) is 73.2 cm³/mol. The van der Waals surface area contributed by atoms with Gasteiger partial charge < -0.3 is 21.9 Å². The van der Waals surface area contributed by atoms with Crippen LogP contribution in [0.25, 0.3) is 0 Å². The van der Waals surface area contributed by atoms with Gasteiger partial charge >= 0.3 is 5.97 Å². The van der Waals surface area contributed by atoms with Gasteiger partial charge in [0.2, 0.25) is 5.91 Å². The third-order valence-corrected chi connectivity index (χ3v) is 2.68. The summed E-state index contributed by atoms with van der Waals surface area (Å²) in [4.78, 5) is 33.6. The van der Waals surface area contributed by atoms with Crippen molar-refractivity contribution in [3.63, 3.8) is 0 Å². The summed E-state index contributed by atoms with van der Waals surface area (Å²) in [7, 11) is 0. The van der Waals surface area contributed by atoms with Crippen LogP contribution in [0.15, 0.2) is 18.2 Å². The standard InChI is InChI=1S/C12H14ClN3O4/c13-7-3-6(4-8(14)5-7)11(18)16-9(12(19)20)1-2-10(15)17/h3-5,9H,1-2,14H2,(H2,15,17)(H,16,18)(H,19,20). The number of nitrogen functional groups attached to an aromatic ring is 1. The highest BCUT2D eigenvalue weighted by Gasteiger charge is 2.21. The van der Waals surface area contributed by atoms with Crippen LogP contribution < -0.4 is 16.8 Å². The highest BCUT2D eigenvalue weighted by molar-refractivity contribution is 6.31. The molecular weight excluding hydrogens is 286 g/mol. The molecule has 0 aromatic heterocycles. The molecule has 6 N–H and O–H groups in total. The molecule has 20 heavy (non-hydrogen) atoms. The zero-order chi connectivity index (χ0) is 15.3. The number of hydrogen-bond acceptors (Lipinski definition) is 4. The number of anilines is 1. The molecule has 1 aromatic carbocycles. The number of rotatable bonds is 6. The highest BCUT2D eigenvalue weighted by Crippen LogP contribution is 2.16. The van der Waals surface area contributed by atoms with Gasteiger partial charge in [-0.05, 0) is 24.6 Å². The Kier molecular flexibility index (Phi) is 5.33. The minimum atomic E-state index is -1.25. The van der Waals surface area contributed by atoms with E-state index in [1.807, 2.05) is 0 Å². The number of carbonyl (C=O) groups excluding carboxylic acids is 2. The number of nitrogens with two attached hydrogens (primary N) is 2. The van der Waals surface area contributed by atoms with Crippen molar-refractivity contribution in [2.24, 2.45) is 5.73 Å². The van der Waals surface area contributed by atoms with E-state index >= 15 is 0 Å². The van der Waals surface area contributed by atoms with E-state index < -0.39 is 23.8 Å². The predicted octanol–water partition coefficient (Wildman–Crippen LogP) is 0.371. The molecule has 7 nitrogen and oxygen atoms in total. The Morgan fingerprint density at radius 1 is 1.30 bits per heavy atom. The maximum atomic E-state index is 11.9. The number of carboxylic acids is 1. The Morgan fingerprint density at radius 2 is 1.95 bits per heavy atom. The maximum absolute atomic E-state index is 11.9. The molecule has 1 unspecified atom stereocenters. The summed E-state index contributed by atoms with van der Waals surface area (Å²) in [5.74, 6) is -2.54. The smallest absolute Gasteiger partial charge is 0.326 e. The summed E-state index contributed by atoms with van der Waals surface area (Å²) in [5.41, 5.74) is 10.9. The van der Waals surface area contributed by atoms with E-state index in [-0.39, 0.29) is 29.1 Å². The lowest BCUT2D eigenvalue weighted by molar-refractivity contribution is -0.139. The second kappa shape index (κ2) is 6.76. The van der Waals surface area contributed by atoms with Crippen molar-refractivity contribution in [1.82, 2.24) is 5.32 Å². The number of aliphatic carboxylic acids is 1. The number of hydrogen-bond donors (Lipinski definition) is 4. The molecular formula is C12H14ClN3O4. The minimum absolute atomic E-state index is 0.0908. The Morgan fingerprint density at radius 3 is 2.45 bits per heavy atom. The first-order valence-corrected chi connectivity index (χ1v) is 6.05. The quantitative estimate of drug-likeness (QED) is 0.563. The number of amides is 2. The average Bonchev–Trinajstić information content (AvgIpc) is 2.32. The van der Waals surface area contributed by atoms with Crippen LogP contribution in [0.3, 0.4) is 0 Å². The van der Waals surface area contributed by atoms with E-state index in [1.165, 1.54) is 18.2 Å². The average molecular weight is 300 g/mol. The fraction of sp³-hybridized carbons (Fsp3) is 0.250. The van der Waals surface area contributed by atoms with Crippen LogP contribution in [-0.4, -0.2) is 28.9 Å². The van der Waals surface area contributed by atoms with Crippen molar-refractivity contribution in [3.8, 4) is 0 Å². The lowest BCUT2D eigenvalue weighted by Crippen LogP contribution is -2.41. The summed E-state index contributed by atoms with van der Waals surface area (Å²) in [6.07, 6.45) is -0.235. The van der Waals surface area contributed by atoms with Crippen molar-refractivity contribution in [2.45, 2.75) is 18.9 Å². The molecule has 0 bridgehead atoms. The Balaban J connectivity index is 2.79. The first-order valence-electron chi connectivity index (χ1n) is 5.67. The van der Waals surface area contributed by atoms with Crippen molar-refractivity contribution in [3.05, 3.63) is 28.8 Å². The molecule has 1 rings (SSSR count). The normalized spacial score (nSPS) is 11.7. The van der Waals surface area contributed by atoms with Crippen molar-refractivity contribution >= 4 is 35.1 Å². The number of carbonyl (C=O) groups is 3. The van der Waals surface area contributed by atoms with Crippen LogP contribution in [0, 0.1) is 0 Å². The summed E-state index contributed by atoms with van der Waals surface area (Å²) in [6.45, 7) is 0. The molecule has 0 heterocycles. The molecule has 0 aliphatic heterocycles. The Labute approximate surface area is 119 Å². The van der Waals surface area contributed by atoms with E-state index in [0.29, 0.717) is 0 Å². The molecule has 0 radical (unpaired) electrons. The van der Waals surface area contributed by atoms with Gasteiger partial charge in [-0.1, -0.05) is 11.6 Å². The maximum Gasteiger partial charge on any atom is 0.326 e. The zero-order valence-electron chi connectivity index (χ0n) is 10.4. The molecule has 0 aliphatic carbocycles. The summed E-state index contributed by atoms with van der Waals surface area (Å²) >= 11 is 5.76. The Hall–Kier alpha value is -2.28. The van der Waals surface area contributed by atoms with E-state index in [2.05, 4.69) is 5.32 Å². The van der Waals surface area contributed by atoms with Crippen LogP contribution in [-0.2, 0) is 9.59 Å². The van der Waals surface area contributed by atoms with E-state index in [9.17, 15) is 14.4 Å².